The molecule has 2 N–H and O–H groups in total. The van der Waals surface area contributed by atoms with Crippen LogP contribution in [0.15, 0.2) is 54.7 Å². The lowest BCUT2D eigenvalue weighted by Crippen LogP contribution is -2.34. The monoisotopic (exact) mass is 390 g/mol. The molecule has 2 aromatic carbocycles. The van der Waals surface area contributed by atoms with Crippen LogP contribution in [-0.2, 0) is 27.2 Å². The van der Waals surface area contributed by atoms with E-state index in [0.717, 1.165) is 31.2 Å². The zero-order valence-electron chi connectivity index (χ0n) is 16.4. The number of esters is 1. The molecule has 0 spiro atoms. The van der Waals surface area contributed by atoms with Crippen molar-refractivity contribution in [2.24, 2.45) is 0 Å². The number of nitrogens with one attached hydrogen (secondary N) is 2. The first kappa shape index (κ1) is 19.2. The van der Waals surface area contributed by atoms with Gasteiger partial charge in [-0.1, -0.05) is 42.5 Å². The minimum absolute atomic E-state index is 0.00743. The van der Waals surface area contributed by atoms with E-state index < -0.39 is 0 Å². The number of aromatic amines is 1. The highest BCUT2D eigenvalue weighted by Gasteiger charge is 2.21. The van der Waals surface area contributed by atoms with Gasteiger partial charge in [0, 0.05) is 23.5 Å². The van der Waals surface area contributed by atoms with Gasteiger partial charge in [-0.15, -0.1) is 0 Å². The number of carbonyl (C=O) groups excluding carboxylic acids is 2. The predicted octanol–water partition coefficient (Wildman–Crippen LogP) is 4.23. The minimum Gasteiger partial charge on any atom is -0.456 e. The number of hydrogen-bond acceptors (Lipinski definition) is 3. The molecule has 150 valence electrons. The average molecular weight is 390 g/mol. The Morgan fingerprint density at radius 3 is 2.86 bits per heavy atom. The maximum Gasteiger partial charge on any atom is 0.306 e. The molecule has 1 aromatic heterocycles. The Morgan fingerprint density at radius 2 is 1.93 bits per heavy atom. The van der Waals surface area contributed by atoms with Crippen molar-refractivity contribution in [1.29, 1.82) is 0 Å². The Labute approximate surface area is 170 Å². The average Bonchev–Trinajstić information content (AvgIpc) is 3.16. The Morgan fingerprint density at radius 1 is 1.10 bits per heavy atom. The maximum atomic E-state index is 12.2. The number of para-hydroxylation sites is 1. The van der Waals surface area contributed by atoms with E-state index in [1.54, 1.807) is 0 Å². The third-order valence-electron chi connectivity index (χ3n) is 5.57. The van der Waals surface area contributed by atoms with E-state index >= 15 is 0 Å². The van der Waals surface area contributed by atoms with Gasteiger partial charge < -0.3 is 15.0 Å². The van der Waals surface area contributed by atoms with Crippen molar-refractivity contribution in [3.05, 3.63) is 71.4 Å². The highest BCUT2D eigenvalue weighted by atomic mass is 16.5. The molecule has 1 amide bonds. The minimum atomic E-state index is -0.330. The molecule has 0 aliphatic heterocycles. The fourth-order valence-electron chi connectivity index (χ4n) is 4.12. The van der Waals surface area contributed by atoms with Crippen molar-refractivity contribution in [3.63, 3.8) is 0 Å². The van der Waals surface area contributed by atoms with Gasteiger partial charge in [0.1, 0.15) is 0 Å². The molecule has 0 saturated heterocycles. The smallest absolute Gasteiger partial charge is 0.306 e. The van der Waals surface area contributed by atoms with Crippen LogP contribution < -0.4 is 5.32 Å². The van der Waals surface area contributed by atoms with Crippen LogP contribution in [-0.4, -0.2) is 23.5 Å². The fraction of sp³-hybridized carbons (Fsp3) is 0.333. The van der Waals surface area contributed by atoms with Crippen molar-refractivity contribution >= 4 is 22.8 Å². The zero-order valence-corrected chi connectivity index (χ0v) is 16.4. The summed E-state index contributed by atoms with van der Waals surface area (Å²) >= 11 is 0. The Hall–Kier alpha value is -3.08. The Kier molecular flexibility index (Phi) is 5.94. The second kappa shape index (κ2) is 8.95. The molecule has 0 radical (unpaired) electrons. The Balaban J connectivity index is 1.20. The van der Waals surface area contributed by atoms with E-state index in [1.165, 1.54) is 22.1 Å². The molecular formula is C24H26N2O3. The molecule has 5 heteroatoms. The topological polar surface area (TPSA) is 71.2 Å². The molecule has 29 heavy (non-hydrogen) atoms. The molecule has 3 aromatic rings. The summed E-state index contributed by atoms with van der Waals surface area (Å²) in [5.74, 6) is -0.569. The molecule has 0 saturated carbocycles. The van der Waals surface area contributed by atoms with Crippen molar-refractivity contribution in [2.45, 2.75) is 44.6 Å². The lowest BCUT2D eigenvalue weighted by molar-refractivity contribution is -0.148. The number of rotatable bonds is 7. The zero-order chi connectivity index (χ0) is 20.1. The molecule has 0 bridgehead atoms. The molecule has 0 unspecified atom stereocenters. The Bertz CT molecular complexity index is 1010. The van der Waals surface area contributed by atoms with Crippen molar-refractivity contribution in [2.75, 3.05) is 6.61 Å². The summed E-state index contributed by atoms with van der Waals surface area (Å²) in [5.41, 5.74) is 4.77. The van der Waals surface area contributed by atoms with Gasteiger partial charge in [0.2, 0.25) is 0 Å². The van der Waals surface area contributed by atoms with Gasteiger partial charge in [-0.05, 0) is 54.9 Å². The van der Waals surface area contributed by atoms with Gasteiger partial charge >= 0.3 is 5.97 Å². The first-order valence-electron chi connectivity index (χ1n) is 10.3. The van der Waals surface area contributed by atoms with Crippen LogP contribution in [0.25, 0.3) is 10.9 Å². The first-order chi connectivity index (χ1) is 14.2. The fourth-order valence-corrected chi connectivity index (χ4v) is 4.12. The first-order valence-corrected chi connectivity index (χ1v) is 10.3. The normalized spacial score (nSPS) is 15.7. The number of hydrogen-bond donors (Lipinski definition) is 2. The third-order valence-corrected chi connectivity index (χ3v) is 5.57. The lowest BCUT2D eigenvalue weighted by Gasteiger charge is -2.26. The molecule has 5 nitrogen and oxygen atoms in total. The maximum absolute atomic E-state index is 12.2. The summed E-state index contributed by atoms with van der Waals surface area (Å²) in [6, 6.07) is 16.3. The number of aryl methyl sites for hydroxylation is 2. The number of aromatic nitrogens is 1. The van der Waals surface area contributed by atoms with Crippen LogP contribution in [0, 0.1) is 0 Å². The van der Waals surface area contributed by atoms with E-state index in [9.17, 15) is 9.59 Å². The van der Waals surface area contributed by atoms with Gasteiger partial charge in [-0.2, -0.15) is 0 Å². The van der Waals surface area contributed by atoms with E-state index in [-0.39, 0.29) is 24.5 Å². The second-order valence-electron chi connectivity index (χ2n) is 7.58. The summed E-state index contributed by atoms with van der Waals surface area (Å²) in [6.07, 6.45) is 6.80. The summed E-state index contributed by atoms with van der Waals surface area (Å²) in [6.45, 7) is -0.218. The molecule has 4 rings (SSSR count). The highest BCUT2D eigenvalue weighted by Crippen LogP contribution is 2.29. The van der Waals surface area contributed by atoms with Crippen molar-refractivity contribution in [3.8, 4) is 0 Å². The van der Waals surface area contributed by atoms with Crippen LogP contribution in [0.4, 0.5) is 0 Å². The van der Waals surface area contributed by atoms with Crippen LogP contribution in [0.2, 0.25) is 0 Å². The summed E-state index contributed by atoms with van der Waals surface area (Å²) in [4.78, 5) is 27.5. The summed E-state index contributed by atoms with van der Waals surface area (Å²) in [7, 11) is 0. The number of ether oxygens (including phenoxy) is 1. The number of benzene rings is 2. The molecule has 1 aliphatic carbocycles. The number of amides is 1. The van der Waals surface area contributed by atoms with E-state index in [4.69, 9.17) is 4.74 Å². The quantitative estimate of drug-likeness (QED) is 0.593. The largest absolute Gasteiger partial charge is 0.456 e. The van der Waals surface area contributed by atoms with Crippen LogP contribution in [0.5, 0.6) is 0 Å². The van der Waals surface area contributed by atoms with Gasteiger partial charge in [-0.25, -0.2) is 0 Å². The lowest BCUT2D eigenvalue weighted by atomic mass is 9.88. The third kappa shape index (κ3) is 4.67. The number of H-pyrrole nitrogens is 1. The second-order valence-corrected chi connectivity index (χ2v) is 7.58. The predicted molar refractivity (Wildman–Crippen MR) is 112 cm³/mol. The molecular weight excluding hydrogens is 364 g/mol. The number of carbonyl (C=O) groups is 2. The molecule has 1 heterocycles. The van der Waals surface area contributed by atoms with Gasteiger partial charge in [-0.3, -0.25) is 9.59 Å². The summed E-state index contributed by atoms with van der Waals surface area (Å²) < 4.78 is 5.18. The van der Waals surface area contributed by atoms with Crippen molar-refractivity contribution in [1.82, 2.24) is 10.3 Å². The number of fused-ring (bicyclic) bond motifs is 2. The van der Waals surface area contributed by atoms with Gasteiger partial charge in [0.25, 0.3) is 5.91 Å². The van der Waals surface area contributed by atoms with Gasteiger partial charge in [0.15, 0.2) is 6.61 Å². The highest BCUT2D eigenvalue weighted by molar-refractivity contribution is 5.83. The van der Waals surface area contributed by atoms with E-state index in [1.807, 2.05) is 36.5 Å². The SMILES string of the molecule is O=C(COC(=O)CCCc1c[nH]c2ccccc12)N[C@H]1CCCc2ccccc21. The van der Waals surface area contributed by atoms with E-state index in [2.05, 4.69) is 28.5 Å². The summed E-state index contributed by atoms with van der Waals surface area (Å²) in [5, 5.41) is 4.20. The van der Waals surface area contributed by atoms with Crippen molar-refractivity contribution < 1.29 is 14.3 Å². The van der Waals surface area contributed by atoms with Gasteiger partial charge in [0.05, 0.1) is 6.04 Å². The van der Waals surface area contributed by atoms with E-state index in [0.29, 0.717) is 12.8 Å². The van der Waals surface area contributed by atoms with Crippen LogP contribution in [0.1, 0.15) is 48.4 Å². The van der Waals surface area contributed by atoms with Crippen LogP contribution in [0.3, 0.4) is 0 Å². The van der Waals surface area contributed by atoms with Crippen LogP contribution >= 0.6 is 0 Å². The standard InChI is InChI=1S/C24H26N2O3/c27-23(26-22-13-5-8-17-7-1-2-10-19(17)22)16-29-24(28)14-6-9-18-15-25-21-12-4-3-11-20(18)21/h1-4,7,10-12,15,22,25H,5-6,8-9,13-14,16H2,(H,26,27)/t22-/m0/s1. The molecule has 1 atom stereocenters. The molecule has 1 aliphatic rings. The molecule has 0 fully saturated rings.